The van der Waals surface area contributed by atoms with E-state index < -0.39 is 5.97 Å². The van der Waals surface area contributed by atoms with Gasteiger partial charge in [0.05, 0.1) is 12.0 Å². The zero-order valence-corrected chi connectivity index (χ0v) is 9.28. The third kappa shape index (κ3) is 2.25. The molecule has 1 unspecified atom stereocenters. The topological polar surface area (TPSA) is 49.3 Å². The van der Waals surface area contributed by atoms with Crippen LogP contribution in [-0.4, -0.2) is 17.6 Å². The number of piperidine rings is 1. The van der Waals surface area contributed by atoms with Gasteiger partial charge in [-0.2, -0.15) is 0 Å². The fraction of sp³-hybridized carbons (Fsp3) is 0.462. The molecule has 0 aliphatic carbocycles. The van der Waals surface area contributed by atoms with E-state index in [1.165, 1.54) is 0 Å². The summed E-state index contributed by atoms with van der Waals surface area (Å²) in [6, 6.07) is 9.92. The Balaban J connectivity index is 2.29. The van der Waals surface area contributed by atoms with E-state index in [1.54, 1.807) is 0 Å². The average molecular weight is 219 g/mol. The number of carbonyl (C=O) groups is 1. The summed E-state index contributed by atoms with van der Waals surface area (Å²) in [5, 5.41) is 12.5. The molecule has 1 fully saturated rings. The van der Waals surface area contributed by atoms with Crippen molar-refractivity contribution in [3.63, 3.8) is 0 Å². The summed E-state index contributed by atoms with van der Waals surface area (Å²) in [5.74, 6) is -0.738. The van der Waals surface area contributed by atoms with Crippen LogP contribution in [0.5, 0.6) is 0 Å². The summed E-state index contributed by atoms with van der Waals surface area (Å²) in [4.78, 5) is 11.0. The lowest BCUT2D eigenvalue weighted by Crippen LogP contribution is -2.47. The van der Waals surface area contributed by atoms with Crippen LogP contribution in [-0.2, 0) is 10.3 Å². The highest BCUT2D eigenvalue weighted by molar-refractivity contribution is 5.69. The van der Waals surface area contributed by atoms with E-state index in [9.17, 15) is 4.79 Å². The van der Waals surface area contributed by atoms with E-state index in [2.05, 4.69) is 5.32 Å². The van der Waals surface area contributed by atoms with Gasteiger partial charge in [0.1, 0.15) is 0 Å². The Morgan fingerprint density at radius 2 is 2.06 bits per heavy atom. The Labute approximate surface area is 95.5 Å². The monoisotopic (exact) mass is 219 g/mol. The molecule has 1 aliphatic rings. The molecule has 1 atom stereocenters. The first-order valence-corrected chi connectivity index (χ1v) is 5.75. The van der Waals surface area contributed by atoms with Crippen molar-refractivity contribution in [2.24, 2.45) is 0 Å². The average Bonchev–Trinajstić information content (AvgIpc) is 2.30. The van der Waals surface area contributed by atoms with E-state index >= 15 is 0 Å². The molecule has 0 aromatic heterocycles. The highest BCUT2D eigenvalue weighted by atomic mass is 16.4. The van der Waals surface area contributed by atoms with Crippen LogP contribution >= 0.6 is 0 Å². The van der Waals surface area contributed by atoms with Crippen LogP contribution in [0.4, 0.5) is 0 Å². The number of rotatable bonds is 3. The van der Waals surface area contributed by atoms with Gasteiger partial charge in [0.15, 0.2) is 0 Å². The van der Waals surface area contributed by atoms with Crippen LogP contribution in [0, 0.1) is 0 Å². The van der Waals surface area contributed by atoms with Crippen LogP contribution in [0.3, 0.4) is 0 Å². The molecule has 0 radical (unpaired) electrons. The third-order valence-corrected chi connectivity index (χ3v) is 3.27. The molecule has 2 rings (SSSR count). The zero-order chi connectivity index (χ0) is 11.4. The van der Waals surface area contributed by atoms with Crippen molar-refractivity contribution in [2.75, 3.05) is 6.54 Å². The Kier molecular flexibility index (Phi) is 3.25. The molecule has 1 saturated heterocycles. The van der Waals surface area contributed by atoms with Crippen molar-refractivity contribution in [3.8, 4) is 0 Å². The third-order valence-electron chi connectivity index (χ3n) is 3.27. The number of hydrogen-bond acceptors (Lipinski definition) is 2. The van der Waals surface area contributed by atoms with E-state index in [-0.39, 0.29) is 12.0 Å². The maximum atomic E-state index is 11.0. The number of carboxylic acid groups (broad SMARTS) is 1. The maximum Gasteiger partial charge on any atom is 0.305 e. The lowest BCUT2D eigenvalue weighted by atomic mass is 9.80. The van der Waals surface area contributed by atoms with Gasteiger partial charge in [-0.15, -0.1) is 0 Å². The molecule has 0 bridgehead atoms. The lowest BCUT2D eigenvalue weighted by Gasteiger charge is -2.38. The Morgan fingerprint density at radius 3 is 2.62 bits per heavy atom. The summed E-state index contributed by atoms with van der Waals surface area (Å²) >= 11 is 0. The second-order valence-electron chi connectivity index (χ2n) is 4.40. The molecule has 0 saturated carbocycles. The normalized spacial score (nSPS) is 25.2. The van der Waals surface area contributed by atoms with Crippen LogP contribution in [0.25, 0.3) is 0 Å². The number of hydrogen-bond donors (Lipinski definition) is 2. The summed E-state index contributed by atoms with van der Waals surface area (Å²) < 4.78 is 0. The fourth-order valence-electron chi connectivity index (χ4n) is 2.48. The van der Waals surface area contributed by atoms with Crippen LogP contribution in [0.15, 0.2) is 30.3 Å². The van der Waals surface area contributed by atoms with Gasteiger partial charge in [-0.3, -0.25) is 4.79 Å². The lowest BCUT2D eigenvalue weighted by molar-refractivity contribution is -0.139. The number of aliphatic carboxylic acids is 1. The van der Waals surface area contributed by atoms with E-state index in [1.807, 2.05) is 30.3 Å². The molecule has 3 nitrogen and oxygen atoms in total. The smallest absolute Gasteiger partial charge is 0.305 e. The molecule has 1 heterocycles. The van der Waals surface area contributed by atoms with Crippen LogP contribution in [0.2, 0.25) is 0 Å². The molecule has 1 aromatic carbocycles. The van der Waals surface area contributed by atoms with Crippen molar-refractivity contribution < 1.29 is 9.90 Å². The van der Waals surface area contributed by atoms with Gasteiger partial charge >= 0.3 is 5.97 Å². The SMILES string of the molecule is O=C(O)CC1(c2ccccc2)CCCCN1. The van der Waals surface area contributed by atoms with Crippen LogP contribution < -0.4 is 5.32 Å². The van der Waals surface area contributed by atoms with Crippen molar-refractivity contribution in [1.29, 1.82) is 0 Å². The zero-order valence-electron chi connectivity index (χ0n) is 9.28. The quantitative estimate of drug-likeness (QED) is 0.818. The molecular formula is C13H17NO2. The highest BCUT2D eigenvalue weighted by Gasteiger charge is 2.35. The van der Waals surface area contributed by atoms with Gasteiger partial charge in [-0.25, -0.2) is 0 Å². The minimum atomic E-state index is -0.738. The van der Waals surface area contributed by atoms with E-state index in [0.29, 0.717) is 0 Å². The molecule has 0 spiro atoms. The summed E-state index contributed by atoms with van der Waals surface area (Å²) in [6.07, 6.45) is 3.30. The number of carboxylic acids is 1. The fourth-order valence-corrected chi connectivity index (χ4v) is 2.48. The summed E-state index contributed by atoms with van der Waals surface area (Å²) in [5.41, 5.74) is 0.739. The second-order valence-corrected chi connectivity index (χ2v) is 4.40. The van der Waals surface area contributed by atoms with Crippen molar-refractivity contribution in [2.45, 2.75) is 31.2 Å². The predicted molar refractivity (Wildman–Crippen MR) is 62.2 cm³/mol. The summed E-state index contributed by atoms with van der Waals surface area (Å²) in [7, 11) is 0. The molecule has 1 aliphatic heterocycles. The molecule has 86 valence electrons. The Morgan fingerprint density at radius 1 is 1.31 bits per heavy atom. The standard InChI is InChI=1S/C13H17NO2/c15-12(16)10-13(8-4-5-9-14-13)11-6-2-1-3-7-11/h1-3,6-7,14H,4-5,8-10H2,(H,15,16). The Hall–Kier alpha value is -1.35. The first kappa shape index (κ1) is 11.1. The van der Waals surface area contributed by atoms with Crippen LogP contribution in [0.1, 0.15) is 31.2 Å². The van der Waals surface area contributed by atoms with Gasteiger partial charge in [0.25, 0.3) is 0 Å². The summed E-state index contributed by atoms with van der Waals surface area (Å²) in [6.45, 7) is 0.905. The molecule has 0 amide bonds. The maximum absolute atomic E-state index is 11.0. The van der Waals surface area contributed by atoms with Gasteiger partial charge in [-0.1, -0.05) is 30.3 Å². The first-order chi connectivity index (χ1) is 7.73. The van der Waals surface area contributed by atoms with Crippen molar-refractivity contribution in [3.05, 3.63) is 35.9 Å². The van der Waals surface area contributed by atoms with Crippen molar-refractivity contribution in [1.82, 2.24) is 5.32 Å². The molecular weight excluding hydrogens is 202 g/mol. The molecule has 16 heavy (non-hydrogen) atoms. The minimum Gasteiger partial charge on any atom is -0.481 e. The second kappa shape index (κ2) is 4.66. The molecule has 2 N–H and O–H groups in total. The van der Waals surface area contributed by atoms with Gasteiger partial charge < -0.3 is 10.4 Å². The van der Waals surface area contributed by atoms with Crippen molar-refractivity contribution >= 4 is 5.97 Å². The molecule has 3 heteroatoms. The largest absolute Gasteiger partial charge is 0.481 e. The first-order valence-electron chi connectivity index (χ1n) is 5.75. The minimum absolute atomic E-state index is 0.164. The van der Waals surface area contributed by atoms with Gasteiger partial charge in [0.2, 0.25) is 0 Å². The predicted octanol–water partition coefficient (Wildman–Crippen LogP) is 2.13. The Bertz CT molecular complexity index is 355. The number of benzene rings is 1. The molecule has 1 aromatic rings. The van der Waals surface area contributed by atoms with E-state index in [4.69, 9.17) is 5.11 Å². The number of nitrogens with one attached hydrogen (secondary N) is 1. The van der Waals surface area contributed by atoms with E-state index in [0.717, 1.165) is 31.4 Å². The van der Waals surface area contributed by atoms with Gasteiger partial charge in [0, 0.05) is 0 Å². The highest BCUT2D eigenvalue weighted by Crippen LogP contribution is 2.33. The van der Waals surface area contributed by atoms with Gasteiger partial charge in [-0.05, 0) is 31.4 Å².